The standard InChI is InChI=1S/C16H25N3O/c20-16(19-8-2-1-3-9-19)14-4-5-15(10-14)18-12-13-6-7-17-11-13/h6-7,11,14-15,17-18H,1-5,8-10,12H2/t14-,15+/m1/s1. The summed E-state index contributed by atoms with van der Waals surface area (Å²) in [4.78, 5) is 17.6. The van der Waals surface area contributed by atoms with Crippen LogP contribution in [0.1, 0.15) is 44.1 Å². The highest BCUT2D eigenvalue weighted by Gasteiger charge is 2.32. The lowest BCUT2D eigenvalue weighted by Gasteiger charge is -2.29. The monoisotopic (exact) mass is 275 g/mol. The van der Waals surface area contributed by atoms with Gasteiger partial charge in [0.2, 0.25) is 5.91 Å². The number of aromatic amines is 1. The predicted octanol–water partition coefficient (Wildman–Crippen LogP) is 2.29. The first-order valence-electron chi connectivity index (χ1n) is 7.97. The fraction of sp³-hybridized carbons (Fsp3) is 0.688. The van der Waals surface area contributed by atoms with Crippen molar-refractivity contribution in [2.24, 2.45) is 5.92 Å². The largest absolute Gasteiger partial charge is 0.367 e. The molecule has 0 radical (unpaired) electrons. The second-order valence-corrected chi connectivity index (χ2v) is 6.19. The van der Waals surface area contributed by atoms with Crippen LogP contribution in [-0.2, 0) is 11.3 Å². The van der Waals surface area contributed by atoms with Crippen molar-refractivity contribution >= 4 is 5.91 Å². The Bertz CT molecular complexity index is 423. The lowest BCUT2D eigenvalue weighted by atomic mass is 10.0. The van der Waals surface area contributed by atoms with Gasteiger partial charge in [-0.15, -0.1) is 0 Å². The molecule has 20 heavy (non-hydrogen) atoms. The molecule has 1 aromatic rings. The van der Waals surface area contributed by atoms with Gasteiger partial charge in [-0.2, -0.15) is 0 Å². The smallest absolute Gasteiger partial charge is 0.225 e. The van der Waals surface area contributed by atoms with E-state index in [1.54, 1.807) is 0 Å². The number of hydrogen-bond donors (Lipinski definition) is 2. The number of piperidine rings is 1. The SMILES string of the molecule is O=C([C@@H]1CC[C@H](NCc2cc[nH]c2)C1)N1CCCCC1. The number of H-pyrrole nitrogens is 1. The van der Waals surface area contributed by atoms with Gasteiger partial charge in [-0.05, 0) is 50.2 Å². The molecule has 2 fully saturated rings. The molecule has 0 unspecified atom stereocenters. The minimum atomic E-state index is 0.261. The highest BCUT2D eigenvalue weighted by Crippen LogP contribution is 2.28. The maximum atomic E-state index is 12.5. The number of amides is 1. The van der Waals surface area contributed by atoms with E-state index in [1.165, 1.54) is 24.8 Å². The maximum absolute atomic E-state index is 12.5. The van der Waals surface area contributed by atoms with Crippen LogP contribution in [0.15, 0.2) is 18.5 Å². The van der Waals surface area contributed by atoms with Gasteiger partial charge in [-0.1, -0.05) is 0 Å². The van der Waals surface area contributed by atoms with E-state index in [0.29, 0.717) is 11.9 Å². The van der Waals surface area contributed by atoms with Crippen LogP contribution in [0.4, 0.5) is 0 Å². The lowest BCUT2D eigenvalue weighted by Crippen LogP contribution is -2.39. The van der Waals surface area contributed by atoms with Gasteiger partial charge in [0.05, 0.1) is 0 Å². The number of carbonyl (C=O) groups is 1. The van der Waals surface area contributed by atoms with Crippen molar-refractivity contribution in [1.29, 1.82) is 0 Å². The molecule has 2 N–H and O–H groups in total. The summed E-state index contributed by atoms with van der Waals surface area (Å²) < 4.78 is 0. The van der Waals surface area contributed by atoms with Crippen LogP contribution in [-0.4, -0.2) is 34.9 Å². The summed E-state index contributed by atoms with van der Waals surface area (Å²) in [5, 5.41) is 3.58. The molecular formula is C16H25N3O. The normalized spacial score (nSPS) is 26.9. The van der Waals surface area contributed by atoms with Gasteiger partial charge in [0.15, 0.2) is 0 Å². The van der Waals surface area contributed by atoms with Crippen molar-refractivity contribution in [1.82, 2.24) is 15.2 Å². The van der Waals surface area contributed by atoms with Gasteiger partial charge >= 0.3 is 0 Å². The van der Waals surface area contributed by atoms with Crippen molar-refractivity contribution in [3.63, 3.8) is 0 Å². The van der Waals surface area contributed by atoms with Crippen molar-refractivity contribution in [2.45, 2.75) is 51.1 Å². The molecule has 2 atom stereocenters. The Morgan fingerprint density at radius 2 is 2.15 bits per heavy atom. The van der Waals surface area contributed by atoms with Crippen LogP contribution in [0.5, 0.6) is 0 Å². The molecular weight excluding hydrogens is 250 g/mol. The molecule has 1 aromatic heterocycles. The summed E-state index contributed by atoms with van der Waals surface area (Å²) in [5.41, 5.74) is 1.29. The van der Waals surface area contributed by atoms with Crippen LogP contribution in [0.2, 0.25) is 0 Å². The third-order valence-electron chi connectivity index (χ3n) is 4.71. The van der Waals surface area contributed by atoms with E-state index in [4.69, 9.17) is 0 Å². The Balaban J connectivity index is 1.45. The quantitative estimate of drug-likeness (QED) is 0.885. The molecule has 1 saturated carbocycles. The molecule has 1 amide bonds. The number of rotatable bonds is 4. The van der Waals surface area contributed by atoms with E-state index in [-0.39, 0.29) is 5.92 Å². The average Bonchev–Trinajstić information content (AvgIpc) is 3.17. The molecule has 0 aromatic carbocycles. The molecule has 0 bridgehead atoms. The topological polar surface area (TPSA) is 48.1 Å². The number of nitrogens with zero attached hydrogens (tertiary/aromatic N) is 1. The zero-order valence-corrected chi connectivity index (χ0v) is 12.1. The van der Waals surface area contributed by atoms with Gasteiger partial charge in [-0.25, -0.2) is 0 Å². The van der Waals surface area contributed by atoms with Crippen LogP contribution in [0, 0.1) is 5.92 Å². The second kappa shape index (κ2) is 6.44. The van der Waals surface area contributed by atoms with E-state index in [2.05, 4.69) is 21.3 Å². The Hall–Kier alpha value is -1.29. The molecule has 4 nitrogen and oxygen atoms in total. The third kappa shape index (κ3) is 3.23. The van der Waals surface area contributed by atoms with Crippen LogP contribution in [0.25, 0.3) is 0 Å². The van der Waals surface area contributed by atoms with Crippen LogP contribution in [0.3, 0.4) is 0 Å². The zero-order valence-electron chi connectivity index (χ0n) is 12.1. The Morgan fingerprint density at radius 1 is 1.30 bits per heavy atom. The second-order valence-electron chi connectivity index (χ2n) is 6.19. The fourth-order valence-electron chi connectivity index (χ4n) is 3.49. The lowest BCUT2D eigenvalue weighted by molar-refractivity contribution is -0.136. The summed E-state index contributed by atoms with van der Waals surface area (Å²) in [7, 11) is 0. The third-order valence-corrected chi connectivity index (χ3v) is 4.71. The van der Waals surface area contributed by atoms with E-state index in [0.717, 1.165) is 38.9 Å². The minimum absolute atomic E-state index is 0.261. The van der Waals surface area contributed by atoms with Gasteiger partial charge in [0, 0.05) is 44.0 Å². The number of aromatic nitrogens is 1. The molecule has 110 valence electrons. The van der Waals surface area contributed by atoms with E-state index >= 15 is 0 Å². The molecule has 1 saturated heterocycles. The van der Waals surface area contributed by atoms with Crippen molar-refractivity contribution < 1.29 is 4.79 Å². The van der Waals surface area contributed by atoms with E-state index in [9.17, 15) is 4.79 Å². The van der Waals surface area contributed by atoms with Crippen molar-refractivity contribution in [3.8, 4) is 0 Å². The number of hydrogen-bond acceptors (Lipinski definition) is 2. The summed E-state index contributed by atoms with van der Waals surface area (Å²) in [6, 6.07) is 2.60. The zero-order chi connectivity index (χ0) is 13.8. The van der Waals surface area contributed by atoms with Crippen molar-refractivity contribution in [2.75, 3.05) is 13.1 Å². The molecule has 3 rings (SSSR count). The first kappa shape index (κ1) is 13.7. The van der Waals surface area contributed by atoms with Gasteiger partial charge in [-0.3, -0.25) is 4.79 Å². The van der Waals surface area contributed by atoms with Gasteiger partial charge < -0.3 is 15.2 Å². The average molecular weight is 275 g/mol. The first-order valence-corrected chi connectivity index (χ1v) is 7.97. The van der Waals surface area contributed by atoms with Gasteiger partial charge in [0.25, 0.3) is 0 Å². The Kier molecular flexibility index (Phi) is 4.41. The van der Waals surface area contributed by atoms with Crippen LogP contribution < -0.4 is 5.32 Å². The summed E-state index contributed by atoms with van der Waals surface area (Å²) in [6.45, 7) is 2.87. The molecule has 0 spiro atoms. The highest BCUT2D eigenvalue weighted by molar-refractivity contribution is 5.79. The number of carbonyl (C=O) groups excluding carboxylic acids is 1. The molecule has 2 heterocycles. The summed E-state index contributed by atoms with van der Waals surface area (Å²) in [6.07, 6.45) is 10.8. The Labute approximate surface area is 120 Å². The minimum Gasteiger partial charge on any atom is -0.367 e. The molecule has 2 aliphatic rings. The first-order chi connectivity index (χ1) is 9.83. The fourth-order valence-corrected chi connectivity index (χ4v) is 3.49. The Morgan fingerprint density at radius 3 is 2.90 bits per heavy atom. The highest BCUT2D eigenvalue weighted by atomic mass is 16.2. The maximum Gasteiger partial charge on any atom is 0.225 e. The van der Waals surface area contributed by atoms with E-state index < -0.39 is 0 Å². The number of nitrogens with one attached hydrogen (secondary N) is 2. The molecule has 4 heteroatoms. The number of likely N-dealkylation sites (tertiary alicyclic amines) is 1. The summed E-state index contributed by atoms with van der Waals surface area (Å²) >= 11 is 0. The summed E-state index contributed by atoms with van der Waals surface area (Å²) in [5.74, 6) is 0.674. The molecule has 1 aliphatic heterocycles. The van der Waals surface area contributed by atoms with Crippen LogP contribution >= 0.6 is 0 Å². The van der Waals surface area contributed by atoms with Gasteiger partial charge in [0.1, 0.15) is 0 Å². The molecule has 1 aliphatic carbocycles. The predicted molar refractivity (Wildman–Crippen MR) is 79.2 cm³/mol. The van der Waals surface area contributed by atoms with E-state index in [1.807, 2.05) is 12.4 Å². The van der Waals surface area contributed by atoms with Crippen molar-refractivity contribution in [3.05, 3.63) is 24.0 Å².